The Morgan fingerprint density at radius 3 is 2.81 bits per heavy atom. The first-order valence-corrected chi connectivity index (χ1v) is 7.27. The predicted octanol–water partition coefficient (Wildman–Crippen LogP) is 2.86. The fraction of sp³-hybridized carbons (Fsp3) is 0.500. The van der Waals surface area contributed by atoms with Crippen LogP contribution in [0, 0.1) is 17.2 Å². The number of amides is 1. The molecule has 0 unspecified atom stereocenters. The number of rotatable bonds is 3. The van der Waals surface area contributed by atoms with Crippen molar-refractivity contribution in [1.82, 2.24) is 4.90 Å². The van der Waals surface area contributed by atoms with Crippen molar-refractivity contribution in [2.75, 3.05) is 25.0 Å². The fourth-order valence-electron chi connectivity index (χ4n) is 2.67. The highest BCUT2D eigenvalue weighted by atomic mass is 16.6. The molecule has 1 saturated heterocycles. The number of benzene rings is 1. The van der Waals surface area contributed by atoms with Crippen LogP contribution in [0.2, 0.25) is 0 Å². The van der Waals surface area contributed by atoms with Gasteiger partial charge in [-0.1, -0.05) is 25.1 Å². The van der Waals surface area contributed by atoms with E-state index in [0.717, 1.165) is 5.69 Å². The van der Waals surface area contributed by atoms with Crippen molar-refractivity contribution in [3.63, 3.8) is 0 Å². The van der Waals surface area contributed by atoms with Crippen LogP contribution in [-0.4, -0.2) is 36.2 Å². The molecule has 0 spiro atoms. The van der Waals surface area contributed by atoms with Gasteiger partial charge >= 0.3 is 6.09 Å². The minimum Gasteiger partial charge on any atom is -0.450 e. The standard InChI is InChI=1S/C16H21N3O2/c1-3-21-15(20)19-10-9-16(12-17,13(2)11-19)18-14-7-5-4-6-8-14/h4-8,13,18H,3,9-11H2,1-2H3/t13-,16-/m1/s1. The lowest BCUT2D eigenvalue weighted by Crippen LogP contribution is -2.55. The molecule has 0 bridgehead atoms. The molecule has 0 saturated carbocycles. The van der Waals surface area contributed by atoms with Crippen LogP contribution in [0.1, 0.15) is 20.3 Å². The maximum Gasteiger partial charge on any atom is 0.409 e. The molecule has 2 rings (SSSR count). The van der Waals surface area contributed by atoms with Crippen molar-refractivity contribution < 1.29 is 9.53 Å². The molecule has 0 radical (unpaired) electrons. The zero-order valence-corrected chi connectivity index (χ0v) is 12.5. The number of nitrogens with zero attached hydrogens (tertiary/aromatic N) is 2. The quantitative estimate of drug-likeness (QED) is 0.928. The minimum absolute atomic E-state index is 0.0147. The van der Waals surface area contributed by atoms with Crippen molar-refractivity contribution in [3.8, 4) is 6.07 Å². The van der Waals surface area contributed by atoms with E-state index in [1.54, 1.807) is 11.8 Å². The molecular weight excluding hydrogens is 266 g/mol. The second-order valence-corrected chi connectivity index (χ2v) is 5.37. The monoisotopic (exact) mass is 287 g/mol. The molecule has 0 aromatic heterocycles. The van der Waals surface area contributed by atoms with Crippen LogP contribution in [0.15, 0.2) is 30.3 Å². The summed E-state index contributed by atoms with van der Waals surface area (Å²) < 4.78 is 5.03. The van der Waals surface area contributed by atoms with Crippen LogP contribution in [0.3, 0.4) is 0 Å². The Bertz CT molecular complexity index is 526. The summed E-state index contributed by atoms with van der Waals surface area (Å²) in [5.41, 5.74) is 0.278. The molecule has 1 fully saturated rings. The average molecular weight is 287 g/mol. The lowest BCUT2D eigenvalue weighted by atomic mass is 9.79. The number of carbonyl (C=O) groups excluding carboxylic acids is 1. The third kappa shape index (κ3) is 3.27. The van der Waals surface area contributed by atoms with Crippen LogP contribution in [0.5, 0.6) is 0 Å². The van der Waals surface area contributed by atoms with Crippen molar-refractivity contribution in [2.45, 2.75) is 25.8 Å². The van der Waals surface area contributed by atoms with Gasteiger partial charge in [0.15, 0.2) is 0 Å². The van der Waals surface area contributed by atoms with Crippen molar-refractivity contribution in [1.29, 1.82) is 5.26 Å². The zero-order valence-electron chi connectivity index (χ0n) is 12.5. The Hall–Kier alpha value is -2.22. The van der Waals surface area contributed by atoms with E-state index in [1.165, 1.54) is 0 Å². The van der Waals surface area contributed by atoms with E-state index in [-0.39, 0.29) is 12.0 Å². The SMILES string of the molecule is CCOC(=O)N1CC[C@](C#N)(Nc2ccccc2)[C@H](C)C1. The highest BCUT2D eigenvalue weighted by molar-refractivity contribution is 5.68. The van der Waals surface area contributed by atoms with Gasteiger partial charge in [-0.25, -0.2) is 4.79 Å². The lowest BCUT2D eigenvalue weighted by molar-refractivity contribution is 0.0806. The number of likely N-dealkylation sites (tertiary alicyclic amines) is 1. The maximum absolute atomic E-state index is 11.8. The van der Waals surface area contributed by atoms with Crippen LogP contribution >= 0.6 is 0 Å². The number of ether oxygens (including phenoxy) is 1. The molecule has 1 aliphatic heterocycles. The Morgan fingerprint density at radius 2 is 2.24 bits per heavy atom. The second kappa shape index (κ2) is 6.49. The van der Waals surface area contributed by atoms with Gasteiger partial charge in [-0.15, -0.1) is 0 Å². The summed E-state index contributed by atoms with van der Waals surface area (Å²) in [4.78, 5) is 13.5. The molecule has 1 aromatic carbocycles. The van der Waals surface area contributed by atoms with E-state index in [4.69, 9.17) is 4.74 Å². The fourth-order valence-corrected chi connectivity index (χ4v) is 2.67. The third-order valence-electron chi connectivity index (χ3n) is 3.98. The summed E-state index contributed by atoms with van der Waals surface area (Å²) in [6, 6.07) is 12.1. The largest absolute Gasteiger partial charge is 0.450 e. The van der Waals surface area contributed by atoms with E-state index in [0.29, 0.717) is 26.1 Å². The van der Waals surface area contributed by atoms with Gasteiger partial charge in [0.05, 0.1) is 12.7 Å². The van der Waals surface area contributed by atoms with E-state index in [1.807, 2.05) is 37.3 Å². The Morgan fingerprint density at radius 1 is 1.52 bits per heavy atom. The first-order valence-electron chi connectivity index (χ1n) is 7.27. The summed E-state index contributed by atoms with van der Waals surface area (Å²) in [7, 11) is 0. The molecule has 1 aromatic rings. The van der Waals surface area contributed by atoms with Gasteiger partial charge in [-0.3, -0.25) is 0 Å². The zero-order chi connectivity index (χ0) is 15.3. The molecule has 2 atom stereocenters. The predicted molar refractivity (Wildman–Crippen MR) is 80.8 cm³/mol. The molecule has 1 aliphatic rings. The third-order valence-corrected chi connectivity index (χ3v) is 3.98. The number of anilines is 1. The minimum atomic E-state index is -0.648. The summed E-state index contributed by atoms with van der Waals surface area (Å²) in [5, 5.41) is 13.0. The van der Waals surface area contributed by atoms with Gasteiger partial charge in [-0.2, -0.15) is 5.26 Å². The molecule has 1 heterocycles. The van der Waals surface area contributed by atoms with E-state index >= 15 is 0 Å². The molecule has 1 N–H and O–H groups in total. The number of hydrogen-bond acceptors (Lipinski definition) is 4. The van der Waals surface area contributed by atoms with Gasteiger partial charge in [0.1, 0.15) is 5.54 Å². The molecular formula is C16H21N3O2. The van der Waals surface area contributed by atoms with Gasteiger partial charge in [-0.05, 0) is 19.1 Å². The maximum atomic E-state index is 11.8. The van der Waals surface area contributed by atoms with Gasteiger partial charge in [0, 0.05) is 31.1 Å². The van der Waals surface area contributed by atoms with Crippen molar-refractivity contribution in [2.24, 2.45) is 5.92 Å². The molecule has 21 heavy (non-hydrogen) atoms. The number of hydrogen-bond donors (Lipinski definition) is 1. The highest BCUT2D eigenvalue weighted by Crippen LogP contribution is 2.31. The number of para-hydroxylation sites is 1. The molecule has 5 heteroatoms. The van der Waals surface area contributed by atoms with Crippen LogP contribution < -0.4 is 5.32 Å². The first kappa shape index (κ1) is 15.2. The molecule has 112 valence electrons. The summed E-state index contributed by atoms with van der Waals surface area (Å²) in [5.74, 6) is 0.0147. The van der Waals surface area contributed by atoms with E-state index < -0.39 is 5.54 Å². The summed E-state index contributed by atoms with van der Waals surface area (Å²) >= 11 is 0. The molecule has 1 amide bonds. The van der Waals surface area contributed by atoms with Crippen LogP contribution in [-0.2, 0) is 4.74 Å². The topological polar surface area (TPSA) is 65.4 Å². The average Bonchev–Trinajstić information content (AvgIpc) is 2.50. The van der Waals surface area contributed by atoms with Crippen LogP contribution in [0.4, 0.5) is 10.5 Å². The lowest BCUT2D eigenvalue weighted by Gasteiger charge is -2.42. The summed E-state index contributed by atoms with van der Waals surface area (Å²) in [6.45, 7) is 5.20. The van der Waals surface area contributed by atoms with Crippen molar-refractivity contribution >= 4 is 11.8 Å². The second-order valence-electron chi connectivity index (χ2n) is 5.37. The van der Waals surface area contributed by atoms with E-state index in [2.05, 4.69) is 11.4 Å². The number of piperidine rings is 1. The molecule has 5 nitrogen and oxygen atoms in total. The number of nitrogens with one attached hydrogen (secondary N) is 1. The normalized spacial score (nSPS) is 25.0. The van der Waals surface area contributed by atoms with Gasteiger partial charge in [0.25, 0.3) is 0 Å². The highest BCUT2D eigenvalue weighted by Gasteiger charge is 2.42. The van der Waals surface area contributed by atoms with E-state index in [9.17, 15) is 10.1 Å². The summed E-state index contributed by atoms with van der Waals surface area (Å²) in [6.07, 6.45) is 0.286. The Balaban J connectivity index is 2.09. The first-order chi connectivity index (χ1) is 10.1. The van der Waals surface area contributed by atoms with Crippen LogP contribution in [0.25, 0.3) is 0 Å². The van der Waals surface area contributed by atoms with Gasteiger partial charge in [0.2, 0.25) is 0 Å². The van der Waals surface area contributed by atoms with Crippen molar-refractivity contribution in [3.05, 3.63) is 30.3 Å². The number of nitriles is 1. The Labute approximate surface area is 125 Å². The molecule has 0 aliphatic carbocycles. The van der Waals surface area contributed by atoms with Gasteiger partial charge < -0.3 is 15.0 Å². The smallest absolute Gasteiger partial charge is 0.409 e. The Kier molecular flexibility index (Phi) is 4.69. The number of carbonyl (C=O) groups is 1.